The van der Waals surface area contributed by atoms with Crippen LogP contribution in [0, 0.1) is 0 Å². The summed E-state index contributed by atoms with van der Waals surface area (Å²) in [5.74, 6) is 1.82. The molecule has 0 unspecified atom stereocenters. The Balaban J connectivity index is 2.07. The first kappa shape index (κ1) is 13.6. The maximum Gasteiger partial charge on any atom is 0.158 e. The topological polar surface area (TPSA) is 50.0 Å². The highest BCUT2D eigenvalue weighted by atomic mass is 16.3. The lowest BCUT2D eigenvalue weighted by Crippen LogP contribution is -2.82. The van der Waals surface area contributed by atoms with E-state index in [0.717, 1.165) is 35.7 Å². The molecule has 0 radical (unpaired) electrons. The molecule has 0 amide bonds. The van der Waals surface area contributed by atoms with Crippen molar-refractivity contribution in [3.8, 4) is 11.3 Å². The van der Waals surface area contributed by atoms with E-state index in [-0.39, 0.29) is 0 Å². The zero-order valence-electron chi connectivity index (χ0n) is 11.2. The van der Waals surface area contributed by atoms with E-state index in [9.17, 15) is 5.11 Å². The van der Waals surface area contributed by atoms with Gasteiger partial charge in [0.1, 0.15) is 12.3 Å². The van der Waals surface area contributed by atoms with Crippen LogP contribution in [0.1, 0.15) is 24.4 Å². The highest BCUT2D eigenvalue weighted by Crippen LogP contribution is 2.23. The summed E-state index contributed by atoms with van der Waals surface area (Å²) in [7, 11) is 0. The highest BCUT2D eigenvalue weighted by molar-refractivity contribution is 5.58. The lowest BCUT2D eigenvalue weighted by Gasteiger charge is -2.04. The third kappa shape index (κ3) is 3.56. The normalized spacial score (nSPS) is 12.3. The van der Waals surface area contributed by atoms with Crippen LogP contribution in [0.3, 0.4) is 0 Å². The number of hydrogen-bond acceptors (Lipinski definition) is 2. The third-order valence-electron chi connectivity index (χ3n) is 3.02. The minimum absolute atomic E-state index is 0.435. The Morgan fingerprint density at radius 1 is 1.26 bits per heavy atom. The number of nitrogens with two attached hydrogens (primary N) is 1. The van der Waals surface area contributed by atoms with Crippen molar-refractivity contribution in [2.45, 2.75) is 19.6 Å². The van der Waals surface area contributed by atoms with Crippen LogP contribution >= 0.6 is 0 Å². The molecule has 1 aromatic heterocycles. The van der Waals surface area contributed by atoms with Crippen molar-refractivity contribution in [3.63, 3.8) is 0 Å². The third-order valence-corrected chi connectivity index (χ3v) is 3.02. The first-order chi connectivity index (χ1) is 9.20. The SMILES string of the molecule is C=CC[NH2+]Cc1ccc(-c2ccc([C@@H](C)O)cc2)o1. The van der Waals surface area contributed by atoms with Gasteiger partial charge in [0.05, 0.1) is 12.6 Å². The van der Waals surface area contributed by atoms with Crippen molar-refractivity contribution >= 4 is 0 Å². The second-order valence-corrected chi connectivity index (χ2v) is 4.58. The summed E-state index contributed by atoms with van der Waals surface area (Å²) in [6.07, 6.45) is 1.44. The number of aliphatic hydroxyl groups is 1. The van der Waals surface area contributed by atoms with E-state index >= 15 is 0 Å². The van der Waals surface area contributed by atoms with Crippen LogP contribution in [0.4, 0.5) is 0 Å². The molecule has 3 nitrogen and oxygen atoms in total. The predicted molar refractivity (Wildman–Crippen MR) is 75.5 cm³/mol. The van der Waals surface area contributed by atoms with Gasteiger partial charge in [-0.25, -0.2) is 0 Å². The molecule has 0 aliphatic rings. The minimum atomic E-state index is -0.435. The molecule has 3 N–H and O–H groups in total. The molecule has 0 saturated heterocycles. The number of quaternary nitrogens is 1. The lowest BCUT2D eigenvalue weighted by molar-refractivity contribution is -0.663. The molecule has 2 rings (SSSR count). The molecule has 0 bridgehead atoms. The Kier molecular flexibility index (Phi) is 4.55. The predicted octanol–water partition coefficient (Wildman–Crippen LogP) is 2.25. The molecule has 1 aromatic carbocycles. The smallest absolute Gasteiger partial charge is 0.158 e. The minimum Gasteiger partial charge on any atom is -0.455 e. The standard InChI is InChI=1S/C16H19NO2/c1-3-10-17-11-15-8-9-16(19-15)14-6-4-13(5-7-14)12(2)18/h3-9,12,17-18H,1,10-11H2,2H3/p+1/t12-/m1/s1. The number of hydrogen-bond donors (Lipinski definition) is 2. The summed E-state index contributed by atoms with van der Waals surface area (Å²) in [5, 5.41) is 11.6. The lowest BCUT2D eigenvalue weighted by atomic mass is 10.1. The van der Waals surface area contributed by atoms with Gasteiger partial charge < -0.3 is 14.8 Å². The van der Waals surface area contributed by atoms with Crippen molar-refractivity contribution in [3.05, 3.63) is 60.4 Å². The summed E-state index contributed by atoms with van der Waals surface area (Å²) in [5.41, 5.74) is 1.94. The van der Waals surface area contributed by atoms with Crippen LogP contribution in [0.2, 0.25) is 0 Å². The first-order valence-electron chi connectivity index (χ1n) is 6.50. The Morgan fingerprint density at radius 2 is 2.00 bits per heavy atom. The van der Waals surface area contributed by atoms with Crippen molar-refractivity contribution in [1.82, 2.24) is 0 Å². The Labute approximate surface area is 113 Å². The highest BCUT2D eigenvalue weighted by Gasteiger charge is 2.07. The van der Waals surface area contributed by atoms with Crippen LogP contribution in [0.15, 0.2) is 53.5 Å². The zero-order valence-corrected chi connectivity index (χ0v) is 11.2. The van der Waals surface area contributed by atoms with Crippen molar-refractivity contribution in [2.75, 3.05) is 6.54 Å². The molecule has 1 heterocycles. The summed E-state index contributed by atoms with van der Waals surface area (Å²) in [4.78, 5) is 0. The number of furan rings is 1. The van der Waals surface area contributed by atoms with Crippen molar-refractivity contribution in [1.29, 1.82) is 0 Å². The maximum atomic E-state index is 9.47. The van der Waals surface area contributed by atoms with Gasteiger partial charge in [-0.15, -0.1) is 0 Å². The van der Waals surface area contributed by atoms with Crippen LogP contribution in [-0.4, -0.2) is 11.7 Å². The van der Waals surface area contributed by atoms with E-state index in [0.29, 0.717) is 0 Å². The van der Waals surface area contributed by atoms with Gasteiger partial charge in [-0.05, 0) is 30.7 Å². The Bertz CT molecular complexity index is 526. The van der Waals surface area contributed by atoms with E-state index in [2.05, 4.69) is 11.9 Å². The van der Waals surface area contributed by atoms with Gasteiger partial charge in [0.2, 0.25) is 0 Å². The van der Waals surface area contributed by atoms with E-state index in [4.69, 9.17) is 4.42 Å². The van der Waals surface area contributed by atoms with Gasteiger partial charge in [0.15, 0.2) is 5.76 Å². The monoisotopic (exact) mass is 258 g/mol. The zero-order chi connectivity index (χ0) is 13.7. The molecule has 0 saturated carbocycles. The van der Waals surface area contributed by atoms with Crippen LogP contribution < -0.4 is 5.32 Å². The molecule has 100 valence electrons. The molecule has 0 spiro atoms. The van der Waals surface area contributed by atoms with E-state index < -0.39 is 6.10 Å². The Hall–Kier alpha value is -1.84. The van der Waals surface area contributed by atoms with Crippen molar-refractivity contribution < 1.29 is 14.8 Å². The average Bonchev–Trinajstić information content (AvgIpc) is 2.88. The molecule has 0 aliphatic carbocycles. The van der Waals surface area contributed by atoms with Crippen LogP contribution in [-0.2, 0) is 6.54 Å². The molecule has 0 fully saturated rings. The second kappa shape index (κ2) is 6.36. The average molecular weight is 258 g/mol. The fourth-order valence-corrected chi connectivity index (χ4v) is 1.91. The van der Waals surface area contributed by atoms with Crippen LogP contribution in [0.5, 0.6) is 0 Å². The number of rotatable bonds is 6. The van der Waals surface area contributed by atoms with E-state index in [1.165, 1.54) is 0 Å². The first-order valence-corrected chi connectivity index (χ1v) is 6.50. The van der Waals surface area contributed by atoms with Gasteiger partial charge in [0.25, 0.3) is 0 Å². The number of aliphatic hydroxyl groups excluding tert-OH is 1. The molecular formula is C16H20NO2+. The molecule has 2 aromatic rings. The number of benzene rings is 1. The molecule has 19 heavy (non-hydrogen) atoms. The summed E-state index contributed by atoms with van der Waals surface area (Å²) < 4.78 is 5.79. The molecule has 0 aliphatic heterocycles. The van der Waals surface area contributed by atoms with Crippen molar-refractivity contribution in [2.24, 2.45) is 0 Å². The van der Waals surface area contributed by atoms with Gasteiger partial charge in [-0.3, -0.25) is 0 Å². The van der Waals surface area contributed by atoms with Gasteiger partial charge >= 0.3 is 0 Å². The largest absolute Gasteiger partial charge is 0.455 e. The van der Waals surface area contributed by atoms with Gasteiger partial charge in [-0.1, -0.05) is 30.8 Å². The Morgan fingerprint density at radius 3 is 2.63 bits per heavy atom. The molecule has 1 atom stereocenters. The quantitative estimate of drug-likeness (QED) is 0.617. The maximum absolute atomic E-state index is 9.47. The molecule has 3 heteroatoms. The fourth-order valence-electron chi connectivity index (χ4n) is 1.91. The van der Waals surface area contributed by atoms with Crippen LogP contribution in [0.25, 0.3) is 11.3 Å². The second-order valence-electron chi connectivity index (χ2n) is 4.58. The fraction of sp³-hybridized carbons (Fsp3) is 0.250. The molecular weight excluding hydrogens is 238 g/mol. The summed E-state index contributed by atoms with van der Waals surface area (Å²) in [6.45, 7) is 7.15. The summed E-state index contributed by atoms with van der Waals surface area (Å²) >= 11 is 0. The summed E-state index contributed by atoms with van der Waals surface area (Å²) in [6, 6.07) is 11.8. The van der Waals surface area contributed by atoms with E-state index in [1.54, 1.807) is 6.92 Å². The van der Waals surface area contributed by atoms with Gasteiger partial charge in [0, 0.05) is 5.56 Å². The van der Waals surface area contributed by atoms with E-state index in [1.807, 2.05) is 42.5 Å². The van der Waals surface area contributed by atoms with Gasteiger partial charge in [-0.2, -0.15) is 0 Å².